The summed E-state index contributed by atoms with van der Waals surface area (Å²) in [6.45, 7) is 0. The summed E-state index contributed by atoms with van der Waals surface area (Å²) in [6, 6.07) is 0. The van der Waals surface area contributed by atoms with Crippen molar-refractivity contribution >= 4 is 26.9 Å². The van der Waals surface area contributed by atoms with Crippen molar-refractivity contribution in [2.75, 3.05) is 0 Å². The van der Waals surface area contributed by atoms with Gasteiger partial charge in [0.1, 0.15) is 6.29 Å². The van der Waals surface area contributed by atoms with Gasteiger partial charge >= 0.3 is 0 Å². The van der Waals surface area contributed by atoms with E-state index in [4.69, 9.17) is 0 Å². The third kappa shape index (κ3) is 11.8. The Kier molecular flexibility index (Phi) is 9.77. The fourth-order valence-corrected chi connectivity index (χ4v) is 1.48. The van der Waals surface area contributed by atoms with Gasteiger partial charge in [0.25, 0.3) is 0 Å². The van der Waals surface area contributed by atoms with Crippen LogP contribution in [-0.2, 0) is 9.59 Å². The second-order valence-corrected chi connectivity index (χ2v) is 4.07. The van der Waals surface area contributed by atoms with Crippen LogP contribution >= 0.6 is 15.9 Å². The van der Waals surface area contributed by atoms with Crippen LogP contribution in [0, 0.1) is 0 Å². The van der Waals surface area contributed by atoms with Crippen molar-refractivity contribution in [1.29, 1.82) is 0 Å². The number of aldehydes is 1. The summed E-state index contributed by atoms with van der Waals surface area (Å²) < 4.78 is 0.105. The summed E-state index contributed by atoms with van der Waals surface area (Å²) in [5.41, 5.74) is 0. The lowest BCUT2D eigenvalue weighted by molar-refractivity contribution is -0.110. The Hall–Kier alpha value is -0.180. The molecule has 0 bridgehead atoms. The third-order valence-electron chi connectivity index (χ3n) is 1.95. The minimum absolute atomic E-state index is 0.105. The molecule has 0 aliphatic heterocycles. The molecular formula is C10H17BrO2. The van der Waals surface area contributed by atoms with Crippen LogP contribution in [-0.4, -0.2) is 11.0 Å². The van der Waals surface area contributed by atoms with Crippen LogP contribution in [0.1, 0.15) is 51.4 Å². The summed E-state index contributed by atoms with van der Waals surface area (Å²) in [5.74, 6) is 0. The predicted octanol–water partition coefficient (Wildman–Crippen LogP) is 3.23. The molecule has 76 valence electrons. The molecule has 0 aromatic rings. The van der Waals surface area contributed by atoms with Crippen LogP contribution in [0.2, 0.25) is 0 Å². The minimum Gasteiger partial charge on any atom is -0.303 e. The Morgan fingerprint density at radius 1 is 1.00 bits per heavy atom. The van der Waals surface area contributed by atoms with Crippen molar-refractivity contribution in [2.45, 2.75) is 51.4 Å². The molecule has 0 amide bonds. The molecular weight excluding hydrogens is 232 g/mol. The maximum atomic E-state index is 10.5. The lowest BCUT2D eigenvalue weighted by Crippen LogP contribution is -1.86. The van der Waals surface area contributed by atoms with E-state index in [0.717, 1.165) is 32.0 Å². The lowest BCUT2D eigenvalue weighted by atomic mass is 10.1. The molecule has 0 aromatic carbocycles. The van der Waals surface area contributed by atoms with Crippen LogP contribution < -0.4 is 0 Å². The molecule has 0 spiro atoms. The highest BCUT2D eigenvalue weighted by atomic mass is 79.9. The van der Waals surface area contributed by atoms with E-state index < -0.39 is 0 Å². The molecule has 0 radical (unpaired) electrons. The van der Waals surface area contributed by atoms with E-state index in [0.29, 0.717) is 12.8 Å². The second-order valence-electron chi connectivity index (χ2n) is 3.18. The summed E-state index contributed by atoms with van der Waals surface area (Å²) in [5, 5.41) is 0. The van der Waals surface area contributed by atoms with E-state index in [1.165, 1.54) is 12.8 Å². The summed E-state index contributed by atoms with van der Waals surface area (Å²) in [6.07, 6.45) is 8.94. The Morgan fingerprint density at radius 2 is 1.54 bits per heavy atom. The quantitative estimate of drug-likeness (QED) is 0.357. The van der Waals surface area contributed by atoms with Crippen molar-refractivity contribution in [1.82, 2.24) is 0 Å². The molecule has 0 saturated carbocycles. The van der Waals surface area contributed by atoms with Gasteiger partial charge in [-0.05, 0) is 28.8 Å². The Morgan fingerprint density at radius 3 is 2.08 bits per heavy atom. The summed E-state index contributed by atoms with van der Waals surface area (Å²) in [4.78, 5) is 20.5. The molecule has 0 atom stereocenters. The van der Waals surface area contributed by atoms with Crippen LogP contribution in [0.25, 0.3) is 0 Å². The monoisotopic (exact) mass is 248 g/mol. The average Bonchev–Trinajstić information content (AvgIpc) is 2.09. The van der Waals surface area contributed by atoms with Gasteiger partial charge in [-0.2, -0.15) is 0 Å². The molecule has 0 fully saturated rings. The van der Waals surface area contributed by atoms with Crippen LogP contribution in [0.15, 0.2) is 0 Å². The van der Waals surface area contributed by atoms with E-state index in [-0.39, 0.29) is 4.69 Å². The Balaban J connectivity index is 2.91. The van der Waals surface area contributed by atoms with Gasteiger partial charge in [0.15, 0.2) is 4.69 Å². The molecule has 0 aromatic heterocycles. The minimum atomic E-state index is 0.105. The number of hydrogen-bond acceptors (Lipinski definition) is 2. The second kappa shape index (κ2) is 9.90. The molecule has 0 saturated heterocycles. The van der Waals surface area contributed by atoms with E-state index in [2.05, 4.69) is 15.9 Å². The Bertz CT molecular complexity index is 146. The van der Waals surface area contributed by atoms with E-state index in [1.54, 1.807) is 0 Å². The van der Waals surface area contributed by atoms with Gasteiger partial charge in [-0.1, -0.05) is 25.7 Å². The fraction of sp³-hybridized carbons (Fsp3) is 0.800. The molecule has 0 aliphatic rings. The number of hydrogen-bond donors (Lipinski definition) is 0. The van der Waals surface area contributed by atoms with Crippen molar-refractivity contribution in [2.24, 2.45) is 0 Å². The predicted molar refractivity (Wildman–Crippen MR) is 56.9 cm³/mol. The zero-order chi connectivity index (χ0) is 9.94. The standard InChI is InChI=1S/C10H17BrO2/c11-10(13)8-6-4-2-1-3-5-7-9-12/h9H,1-8H2. The lowest BCUT2D eigenvalue weighted by Gasteiger charge is -1.98. The highest BCUT2D eigenvalue weighted by Crippen LogP contribution is 2.09. The van der Waals surface area contributed by atoms with E-state index in [1.807, 2.05) is 0 Å². The maximum absolute atomic E-state index is 10.5. The zero-order valence-corrected chi connectivity index (χ0v) is 9.51. The van der Waals surface area contributed by atoms with Gasteiger partial charge in [-0.3, -0.25) is 4.79 Å². The van der Waals surface area contributed by atoms with Gasteiger partial charge in [0.2, 0.25) is 0 Å². The number of rotatable bonds is 9. The van der Waals surface area contributed by atoms with Gasteiger partial charge in [0.05, 0.1) is 0 Å². The molecule has 0 heterocycles. The van der Waals surface area contributed by atoms with Gasteiger partial charge in [-0.15, -0.1) is 0 Å². The van der Waals surface area contributed by atoms with Crippen molar-refractivity contribution in [3.63, 3.8) is 0 Å². The number of carbonyl (C=O) groups is 2. The fourth-order valence-electron chi connectivity index (χ4n) is 1.20. The molecule has 0 N–H and O–H groups in total. The van der Waals surface area contributed by atoms with E-state index in [9.17, 15) is 9.59 Å². The van der Waals surface area contributed by atoms with Gasteiger partial charge in [-0.25, -0.2) is 0 Å². The topological polar surface area (TPSA) is 34.1 Å². The molecule has 3 heteroatoms. The molecule has 0 rings (SSSR count). The number of unbranched alkanes of at least 4 members (excludes halogenated alkanes) is 6. The Labute approximate surface area is 88.2 Å². The largest absolute Gasteiger partial charge is 0.303 e. The molecule has 0 aliphatic carbocycles. The van der Waals surface area contributed by atoms with Gasteiger partial charge < -0.3 is 4.79 Å². The normalized spacial score (nSPS) is 9.92. The van der Waals surface area contributed by atoms with Crippen molar-refractivity contribution in [3.05, 3.63) is 0 Å². The average molecular weight is 249 g/mol. The molecule has 0 unspecified atom stereocenters. The van der Waals surface area contributed by atoms with Crippen molar-refractivity contribution < 1.29 is 9.59 Å². The molecule has 2 nitrogen and oxygen atoms in total. The third-order valence-corrected chi connectivity index (χ3v) is 2.34. The summed E-state index contributed by atoms with van der Waals surface area (Å²) >= 11 is 2.90. The van der Waals surface area contributed by atoms with Crippen LogP contribution in [0.3, 0.4) is 0 Å². The summed E-state index contributed by atoms with van der Waals surface area (Å²) in [7, 11) is 0. The van der Waals surface area contributed by atoms with E-state index >= 15 is 0 Å². The maximum Gasteiger partial charge on any atom is 0.197 e. The zero-order valence-electron chi connectivity index (χ0n) is 7.93. The SMILES string of the molecule is O=CCCCCCCCCC(=O)Br. The van der Waals surface area contributed by atoms with Crippen molar-refractivity contribution in [3.8, 4) is 0 Å². The first-order chi connectivity index (χ1) is 6.27. The van der Waals surface area contributed by atoms with Crippen LogP contribution in [0.5, 0.6) is 0 Å². The first-order valence-electron chi connectivity index (χ1n) is 4.89. The first-order valence-corrected chi connectivity index (χ1v) is 5.68. The number of carbonyl (C=O) groups excluding carboxylic acids is 2. The smallest absolute Gasteiger partial charge is 0.197 e. The van der Waals surface area contributed by atoms with Crippen LogP contribution in [0.4, 0.5) is 0 Å². The molecule has 13 heavy (non-hydrogen) atoms. The van der Waals surface area contributed by atoms with Gasteiger partial charge in [0, 0.05) is 12.8 Å². The highest BCUT2D eigenvalue weighted by Gasteiger charge is 1.95. The highest BCUT2D eigenvalue weighted by molar-refractivity contribution is 9.18. The number of halogens is 1. The first kappa shape index (κ1) is 12.8.